The normalized spacial score (nSPS) is 16.9. The number of nitro groups is 1. The van der Waals surface area contributed by atoms with Crippen molar-refractivity contribution in [1.82, 2.24) is 9.38 Å². The Balaban J connectivity index is 1.96. The van der Waals surface area contributed by atoms with Crippen molar-refractivity contribution in [3.8, 4) is 0 Å². The Morgan fingerprint density at radius 2 is 2.50 bits per heavy atom. The van der Waals surface area contributed by atoms with Gasteiger partial charge in [-0.25, -0.2) is 0 Å². The van der Waals surface area contributed by atoms with Gasteiger partial charge < -0.3 is 21.2 Å². The lowest BCUT2D eigenvalue weighted by molar-refractivity contribution is -0.389. The second-order valence-corrected chi connectivity index (χ2v) is 5.29. The second kappa shape index (κ2) is 4.21. The molecule has 96 valence electrons. The molecule has 3 rings (SSSR count). The number of nitrogens with two attached hydrogens (primary N) is 1. The van der Waals surface area contributed by atoms with Crippen LogP contribution in [-0.2, 0) is 0 Å². The summed E-state index contributed by atoms with van der Waals surface area (Å²) in [6.45, 7) is 0.465. The van der Waals surface area contributed by atoms with Gasteiger partial charge in [0.15, 0.2) is 0 Å². The van der Waals surface area contributed by atoms with Gasteiger partial charge in [-0.15, -0.1) is 0 Å². The molecule has 0 aliphatic heterocycles. The van der Waals surface area contributed by atoms with Crippen molar-refractivity contribution in [2.24, 2.45) is 11.7 Å². The third-order valence-corrected chi connectivity index (χ3v) is 3.93. The Morgan fingerprint density at radius 1 is 1.72 bits per heavy atom. The molecule has 2 aromatic heterocycles. The predicted octanol–water partition coefficient (Wildman–Crippen LogP) is 1.45. The first kappa shape index (κ1) is 11.4. The van der Waals surface area contributed by atoms with Gasteiger partial charge in [0.05, 0.1) is 0 Å². The van der Waals surface area contributed by atoms with Crippen LogP contribution in [0.5, 0.6) is 0 Å². The van der Waals surface area contributed by atoms with E-state index in [1.54, 1.807) is 11.6 Å². The molecule has 0 saturated heterocycles. The monoisotopic (exact) mass is 267 g/mol. The highest BCUT2D eigenvalue weighted by Gasteiger charge is 2.33. The van der Waals surface area contributed by atoms with Gasteiger partial charge in [-0.1, -0.05) is 11.3 Å². The minimum Gasteiger partial charge on any atom is -0.359 e. The first-order chi connectivity index (χ1) is 8.70. The summed E-state index contributed by atoms with van der Waals surface area (Å²) in [7, 11) is 0. The summed E-state index contributed by atoms with van der Waals surface area (Å²) in [5.74, 6) is 0.842. The van der Waals surface area contributed by atoms with Crippen LogP contribution in [0.15, 0.2) is 11.6 Å². The maximum Gasteiger partial charge on any atom is 0.372 e. The highest BCUT2D eigenvalue weighted by molar-refractivity contribution is 7.15. The molecule has 3 N–H and O–H groups in total. The second-order valence-electron chi connectivity index (χ2n) is 4.42. The van der Waals surface area contributed by atoms with E-state index < -0.39 is 4.92 Å². The number of hydrogen-bond acceptors (Lipinski definition) is 6. The molecule has 1 fully saturated rings. The lowest BCUT2D eigenvalue weighted by atomic mass is 10.2. The smallest absolute Gasteiger partial charge is 0.359 e. The Hall–Kier alpha value is -1.67. The zero-order valence-corrected chi connectivity index (χ0v) is 10.4. The Bertz CT molecular complexity index is 588. The van der Waals surface area contributed by atoms with E-state index in [1.165, 1.54) is 15.7 Å². The Labute approximate surface area is 107 Å². The molecule has 1 saturated carbocycles. The number of aromatic nitrogens is 2. The molecule has 18 heavy (non-hydrogen) atoms. The molecule has 2 heterocycles. The topological polar surface area (TPSA) is 98.5 Å². The van der Waals surface area contributed by atoms with Gasteiger partial charge >= 0.3 is 5.82 Å². The minimum atomic E-state index is -0.407. The molecule has 7 nitrogen and oxygen atoms in total. The van der Waals surface area contributed by atoms with E-state index >= 15 is 0 Å². The van der Waals surface area contributed by atoms with Crippen LogP contribution < -0.4 is 11.1 Å². The Morgan fingerprint density at radius 3 is 3.11 bits per heavy atom. The van der Waals surface area contributed by atoms with E-state index in [2.05, 4.69) is 10.3 Å². The van der Waals surface area contributed by atoms with E-state index in [0.717, 1.165) is 12.8 Å². The summed E-state index contributed by atoms with van der Waals surface area (Å²) in [6.07, 6.45) is 3.92. The standard InChI is InChI=1S/C10H13N5O2S/c11-5-7(6-1-2-6)12-8-9(15(16)17)14-3-4-18-10(14)13-8/h3-4,6-7,12H,1-2,5,11H2. The van der Waals surface area contributed by atoms with Crippen LogP contribution in [-0.4, -0.2) is 26.9 Å². The van der Waals surface area contributed by atoms with Gasteiger partial charge in [0, 0.05) is 18.0 Å². The predicted molar refractivity (Wildman–Crippen MR) is 68.9 cm³/mol. The average Bonchev–Trinajstić information content (AvgIpc) is 2.97. The molecule has 2 aromatic rings. The quantitative estimate of drug-likeness (QED) is 0.631. The molecule has 1 aliphatic rings. The van der Waals surface area contributed by atoms with Gasteiger partial charge in [0.25, 0.3) is 4.96 Å². The summed E-state index contributed by atoms with van der Waals surface area (Å²) < 4.78 is 1.49. The first-order valence-corrected chi connectivity index (χ1v) is 6.65. The van der Waals surface area contributed by atoms with Crippen molar-refractivity contribution < 1.29 is 4.92 Å². The SMILES string of the molecule is NCC(Nc1nc2sccn2c1[N+](=O)[O-])C1CC1. The fourth-order valence-corrected chi connectivity index (χ4v) is 2.80. The third-order valence-electron chi connectivity index (χ3n) is 3.18. The van der Waals surface area contributed by atoms with Crippen LogP contribution in [0.3, 0.4) is 0 Å². The van der Waals surface area contributed by atoms with Gasteiger partial charge in [-0.2, -0.15) is 9.38 Å². The van der Waals surface area contributed by atoms with Gasteiger partial charge in [-0.05, 0) is 23.7 Å². The molecule has 0 bridgehead atoms. The molecule has 0 radical (unpaired) electrons. The van der Waals surface area contributed by atoms with E-state index in [-0.39, 0.29) is 11.9 Å². The average molecular weight is 267 g/mol. The highest BCUT2D eigenvalue weighted by atomic mass is 32.1. The largest absolute Gasteiger partial charge is 0.372 e. The zero-order valence-electron chi connectivity index (χ0n) is 9.57. The first-order valence-electron chi connectivity index (χ1n) is 5.77. The number of hydrogen-bond donors (Lipinski definition) is 2. The van der Waals surface area contributed by atoms with Gasteiger partial charge in [0.2, 0.25) is 5.82 Å². The van der Waals surface area contributed by atoms with Crippen molar-refractivity contribution in [3.05, 3.63) is 21.7 Å². The number of fused-ring (bicyclic) bond motifs is 1. The molecule has 1 unspecified atom stereocenters. The van der Waals surface area contributed by atoms with Crippen LogP contribution in [0.2, 0.25) is 0 Å². The summed E-state index contributed by atoms with van der Waals surface area (Å²) in [6, 6.07) is 0.0771. The summed E-state index contributed by atoms with van der Waals surface area (Å²) in [5, 5.41) is 16.0. The minimum absolute atomic E-state index is 0.00894. The Kier molecular flexibility index (Phi) is 2.67. The maximum atomic E-state index is 11.1. The number of thiazole rings is 1. The van der Waals surface area contributed by atoms with Crippen LogP contribution >= 0.6 is 11.3 Å². The number of nitrogens with one attached hydrogen (secondary N) is 1. The molecule has 0 amide bonds. The van der Waals surface area contributed by atoms with Crippen molar-refractivity contribution >= 4 is 27.9 Å². The summed E-state index contributed by atoms with van der Waals surface area (Å²) in [5.41, 5.74) is 5.69. The summed E-state index contributed by atoms with van der Waals surface area (Å²) >= 11 is 1.37. The molecule has 0 aromatic carbocycles. The molecular formula is C10H13N5O2S. The molecule has 1 aliphatic carbocycles. The fourth-order valence-electron chi connectivity index (χ4n) is 2.09. The van der Waals surface area contributed by atoms with Crippen LogP contribution in [0.25, 0.3) is 4.96 Å². The van der Waals surface area contributed by atoms with E-state index in [4.69, 9.17) is 5.73 Å². The van der Waals surface area contributed by atoms with Gasteiger partial charge in [0.1, 0.15) is 6.20 Å². The molecule has 0 spiro atoms. The zero-order chi connectivity index (χ0) is 12.7. The lowest BCUT2D eigenvalue weighted by Gasteiger charge is -2.14. The maximum absolute atomic E-state index is 11.1. The number of nitrogens with zero attached hydrogens (tertiary/aromatic N) is 3. The lowest BCUT2D eigenvalue weighted by Crippen LogP contribution is -2.31. The summed E-state index contributed by atoms with van der Waals surface area (Å²) in [4.78, 5) is 15.6. The van der Waals surface area contributed by atoms with Crippen LogP contribution in [0.1, 0.15) is 12.8 Å². The van der Waals surface area contributed by atoms with E-state index in [1.807, 2.05) is 0 Å². The van der Waals surface area contributed by atoms with Crippen molar-refractivity contribution in [2.75, 3.05) is 11.9 Å². The van der Waals surface area contributed by atoms with Crippen LogP contribution in [0.4, 0.5) is 11.6 Å². The number of imidazole rings is 1. The third kappa shape index (κ3) is 1.83. The highest BCUT2D eigenvalue weighted by Crippen LogP contribution is 2.36. The number of rotatable bonds is 5. The number of anilines is 1. The molecule has 8 heteroatoms. The molecular weight excluding hydrogens is 254 g/mol. The van der Waals surface area contributed by atoms with Crippen molar-refractivity contribution in [3.63, 3.8) is 0 Å². The fraction of sp³-hybridized carbons (Fsp3) is 0.500. The van der Waals surface area contributed by atoms with Gasteiger partial charge in [-0.3, -0.25) is 0 Å². The van der Waals surface area contributed by atoms with Crippen molar-refractivity contribution in [2.45, 2.75) is 18.9 Å². The molecule has 1 atom stereocenters. The van der Waals surface area contributed by atoms with Crippen LogP contribution in [0, 0.1) is 16.0 Å². The van der Waals surface area contributed by atoms with E-state index in [0.29, 0.717) is 23.2 Å². The van der Waals surface area contributed by atoms with E-state index in [9.17, 15) is 10.1 Å². The van der Waals surface area contributed by atoms with Crippen molar-refractivity contribution in [1.29, 1.82) is 0 Å².